The lowest BCUT2D eigenvalue weighted by Gasteiger charge is -2.10. The summed E-state index contributed by atoms with van der Waals surface area (Å²) in [6.45, 7) is 0. The smallest absolute Gasteiger partial charge is 0.183 e. The van der Waals surface area contributed by atoms with E-state index in [9.17, 15) is 0 Å². The molecule has 0 atom stereocenters. The van der Waals surface area contributed by atoms with Crippen molar-refractivity contribution in [2.45, 2.75) is 1.43 Å². The van der Waals surface area contributed by atoms with Gasteiger partial charge < -0.3 is 0 Å². The first-order valence-electron chi connectivity index (χ1n) is 3.01. The standard InChI is InChI=1S/C8H5I2N/c9-8(10,6-11)7-4-2-1-3-5-7/h1-5H. The van der Waals surface area contributed by atoms with Gasteiger partial charge in [-0.1, -0.05) is 30.3 Å². The van der Waals surface area contributed by atoms with Crippen LogP contribution in [-0.2, 0) is 1.43 Å². The molecule has 0 heterocycles. The second kappa shape index (κ2) is 3.72. The van der Waals surface area contributed by atoms with Crippen LogP contribution in [0.2, 0.25) is 0 Å². The van der Waals surface area contributed by atoms with Crippen LogP contribution in [0.4, 0.5) is 0 Å². The number of nitrogens with zero attached hydrogens (tertiary/aromatic N) is 1. The Balaban J connectivity index is 3.05. The van der Waals surface area contributed by atoms with Gasteiger partial charge in [0.15, 0.2) is 1.43 Å². The SMILES string of the molecule is N#CC(I)(I)c1ccccc1. The van der Waals surface area contributed by atoms with Gasteiger partial charge in [0.1, 0.15) is 0 Å². The zero-order chi connectivity index (χ0) is 8.32. The molecule has 3 heteroatoms. The number of alkyl halides is 2. The van der Waals surface area contributed by atoms with Gasteiger partial charge in [0.05, 0.1) is 6.07 Å². The fourth-order valence-corrected chi connectivity index (χ4v) is 1.43. The number of hydrogen-bond acceptors (Lipinski definition) is 1. The van der Waals surface area contributed by atoms with Gasteiger partial charge in [0, 0.05) is 0 Å². The van der Waals surface area contributed by atoms with Crippen LogP contribution < -0.4 is 0 Å². The highest BCUT2D eigenvalue weighted by Gasteiger charge is 2.23. The molecule has 56 valence electrons. The predicted molar refractivity (Wildman–Crippen MR) is 61.8 cm³/mol. The van der Waals surface area contributed by atoms with Crippen molar-refractivity contribution < 1.29 is 0 Å². The molecule has 0 spiro atoms. The Morgan fingerprint density at radius 2 is 1.73 bits per heavy atom. The van der Waals surface area contributed by atoms with Gasteiger partial charge in [-0.25, -0.2) is 0 Å². The fraction of sp³-hybridized carbons (Fsp3) is 0.125. The Bertz CT molecular complexity index is 274. The van der Waals surface area contributed by atoms with Crippen molar-refractivity contribution in [3.05, 3.63) is 35.9 Å². The third-order valence-corrected chi connectivity index (χ3v) is 3.00. The molecule has 0 amide bonds. The zero-order valence-corrected chi connectivity index (χ0v) is 9.90. The molecular weight excluding hydrogens is 364 g/mol. The molecule has 0 aliphatic rings. The van der Waals surface area contributed by atoms with E-state index in [4.69, 9.17) is 5.26 Å². The van der Waals surface area contributed by atoms with E-state index in [1.54, 1.807) is 0 Å². The number of benzene rings is 1. The van der Waals surface area contributed by atoms with E-state index in [0.29, 0.717) is 0 Å². The molecule has 1 aromatic rings. The molecule has 0 fully saturated rings. The lowest BCUT2D eigenvalue weighted by atomic mass is 10.2. The summed E-state index contributed by atoms with van der Waals surface area (Å²) in [7, 11) is 0. The molecule has 0 N–H and O–H groups in total. The van der Waals surface area contributed by atoms with Gasteiger partial charge in [0.25, 0.3) is 0 Å². The quantitative estimate of drug-likeness (QED) is 0.551. The Hall–Kier alpha value is 0.170. The van der Waals surface area contributed by atoms with Crippen molar-refractivity contribution in [3.8, 4) is 6.07 Å². The maximum Gasteiger partial charge on any atom is 0.183 e. The number of halogens is 2. The summed E-state index contributed by atoms with van der Waals surface area (Å²) in [4.78, 5) is 0. The minimum Gasteiger partial charge on any atom is -0.196 e. The molecule has 0 radical (unpaired) electrons. The van der Waals surface area contributed by atoms with Gasteiger partial charge in [-0.3, -0.25) is 0 Å². The first-order chi connectivity index (χ1) is 5.17. The van der Waals surface area contributed by atoms with E-state index in [1.807, 2.05) is 30.3 Å². The molecule has 0 saturated carbocycles. The fourth-order valence-electron chi connectivity index (χ4n) is 0.712. The highest BCUT2D eigenvalue weighted by molar-refractivity contribution is 14.2. The van der Waals surface area contributed by atoms with E-state index in [-0.39, 0.29) is 0 Å². The molecule has 0 unspecified atom stereocenters. The maximum atomic E-state index is 8.78. The summed E-state index contributed by atoms with van der Waals surface area (Å²) in [6, 6.07) is 12.0. The second-order valence-electron chi connectivity index (χ2n) is 2.05. The molecule has 0 aliphatic carbocycles. The second-order valence-corrected chi connectivity index (χ2v) is 7.35. The Morgan fingerprint density at radius 1 is 1.18 bits per heavy atom. The monoisotopic (exact) mass is 369 g/mol. The summed E-state index contributed by atoms with van der Waals surface area (Å²) in [5, 5.41) is 8.78. The lowest BCUT2D eigenvalue weighted by molar-refractivity contribution is 1.24. The first kappa shape index (κ1) is 9.26. The molecule has 1 aromatic carbocycles. The van der Waals surface area contributed by atoms with Crippen molar-refractivity contribution in [1.29, 1.82) is 5.26 Å². The van der Waals surface area contributed by atoms with Crippen LogP contribution in [0.25, 0.3) is 0 Å². The average Bonchev–Trinajstić information content (AvgIpc) is 2.06. The molecule has 0 aliphatic heterocycles. The number of hydrogen-bond donors (Lipinski definition) is 0. The van der Waals surface area contributed by atoms with Crippen molar-refractivity contribution in [1.82, 2.24) is 0 Å². The van der Waals surface area contributed by atoms with Gasteiger partial charge in [-0.2, -0.15) is 5.26 Å². The minimum atomic E-state index is -0.420. The predicted octanol–water partition coefficient (Wildman–Crippen LogP) is 3.23. The topological polar surface area (TPSA) is 23.8 Å². The lowest BCUT2D eigenvalue weighted by Crippen LogP contribution is -2.03. The third kappa shape index (κ3) is 2.30. The van der Waals surface area contributed by atoms with E-state index < -0.39 is 1.43 Å². The van der Waals surface area contributed by atoms with Crippen molar-refractivity contribution in [2.24, 2.45) is 0 Å². The van der Waals surface area contributed by atoms with Crippen LogP contribution in [0.5, 0.6) is 0 Å². The summed E-state index contributed by atoms with van der Waals surface area (Å²) >= 11 is 4.26. The molecule has 11 heavy (non-hydrogen) atoms. The summed E-state index contributed by atoms with van der Waals surface area (Å²) in [5.41, 5.74) is 1.05. The molecule has 0 aromatic heterocycles. The Kier molecular flexibility index (Phi) is 3.13. The van der Waals surface area contributed by atoms with Crippen LogP contribution in [-0.4, -0.2) is 0 Å². The van der Waals surface area contributed by atoms with Crippen LogP contribution in [0, 0.1) is 11.3 Å². The van der Waals surface area contributed by atoms with Gasteiger partial charge in [-0.15, -0.1) is 0 Å². The largest absolute Gasteiger partial charge is 0.196 e. The highest BCUT2D eigenvalue weighted by atomic mass is 127. The van der Waals surface area contributed by atoms with E-state index in [2.05, 4.69) is 51.3 Å². The van der Waals surface area contributed by atoms with E-state index in [1.165, 1.54) is 0 Å². The summed E-state index contributed by atoms with van der Waals surface area (Å²) in [5.74, 6) is 0. The van der Waals surface area contributed by atoms with Crippen molar-refractivity contribution in [2.75, 3.05) is 0 Å². The molecule has 0 bridgehead atoms. The molecular formula is C8H5I2N. The minimum absolute atomic E-state index is 0.420. The van der Waals surface area contributed by atoms with Gasteiger partial charge >= 0.3 is 0 Å². The maximum absolute atomic E-state index is 8.78. The van der Waals surface area contributed by atoms with Crippen LogP contribution in [0.3, 0.4) is 0 Å². The van der Waals surface area contributed by atoms with Gasteiger partial charge in [-0.05, 0) is 50.7 Å². The van der Waals surface area contributed by atoms with Crippen LogP contribution in [0.1, 0.15) is 5.56 Å². The number of nitriles is 1. The van der Waals surface area contributed by atoms with Crippen molar-refractivity contribution in [3.63, 3.8) is 0 Å². The summed E-state index contributed by atoms with van der Waals surface area (Å²) < 4.78 is -0.420. The Morgan fingerprint density at radius 3 is 2.18 bits per heavy atom. The van der Waals surface area contributed by atoms with E-state index >= 15 is 0 Å². The molecule has 0 saturated heterocycles. The first-order valence-corrected chi connectivity index (χ1v) is 5.17. The third-order valence-electron chi connectivity index (χ3n) is 1.28. The van der Waals surface area contributed by atoms with Crippen molar-refractivity contribution >= 4 is 45.2 Å². The normalized spacial score (nSPS) is 10.6. The van der Waals surface area contributed by atoms with Crippen LogP contribution in [0.15, 0.2) is 30.3 Å². The van der Waals surface area contributed by atoms with Crippen LogP contribution >= 0.6 is 45.2 Å². The molecule has 1 nitrogen and oxygen atoms in total. The highest BCUT2D eigenvalue weighted by Crippen LogP contribution is 2.37. The summed E-state index contributed by atoms with van der Waals surface area (Å²) in [6.07, 6.45) is 0. The van der Waals surface area contributed by atoms with Gasteiger partial charge in [0.2, 0.25) is 0 Å². The number of rotatable bonds is 1. The Labute approximate surface area is 93.1 Å². The van der Waals surface area contributed by atoms with E-state index in [0.717, 1.165) is 5.56 Å². The average molecular weight is 369 g/mol. The zero-order valence-electron chi connectivity index (χ0n) is 5.59. The molecule has 1 rings (SSSR count).